The lowest BCUT2D eigenvalue weighted by Gasteiger charge is -2.14. The molecule has 0 fully saturated rings. The molecule has 0 amide bonds. The molecule has 0 radical (unpaired) electrons. The van der Waals surface area contributed by atoms with Crippen LogP contribution in [-0.4, -0.2) is 29.5 Å². The van der Waals surface area contributed by atoms with Crippen molar-refractivity contribution in [1.82, 2.24) is 9.55 Å². The number of nitrogens with zero attached hydrogens (tertiary/aromatic N) is 2. The molecule has 26 heavy (non-hydrogen) atoms. The fourth-order valence-corrected chi connectivity index (χ4v) is 6.41. The van der Waals surface area contributed by atoms with E-state index < -0.39 is 9.84 Å². The van der Waals surface area contributed by atoms with E-state index in [0.717, 1.165) is 32.7 Å². The predicted molar refractivity (Wildman–Crippen MR) is 105 cm³/mol. The highest BCUT2D eigenvalue weighted by molar-refractivity contribution is 7.99. The number of rotatable bonds is 3. The lowest BCUT2D eigenvalue weighted by molar-refractivity contribution is 0.559. The molecule has 2 heterocycles. The van der Waals surface area contributed by atoms with E-state index in [4.69, 9.17) is 0 Å². The number of hydrogen-bond donors (Lipinski definition) is 0. The Morgan fingerprint density at radius 1 is 1.00 bits per heavy atom. The van der Waals surface area contributed by atoms with E-state index >= 15 is 0 Å². The van der Waals surface area contributed by atoms with Gasteiger partial charge in [-0.25, -0.2) is 13.4 Å². The van der Waals surface area contributed by atoms with Crippen LogP contribution < -0.4 is 0 Å². The Balaban J connectivity index is 1.53. The minimum Gasteiger partial charge on any atom is -0.314 e. The first kappa shape index (κ1) is 15.9. The maximum Gasteiger partial charge on any atom is 0.180 e. The van der Waals surface area contributed by atoms with Gasteiger partial charge in [-0.3, -0.25) is 0 Å². The van der Waals surface area contributed by atoms with Gasteiger partial charge >= 0.3 is 0 Å². The Morgan fingerprint density at radius 3 is 2.65 bits per heavy atom. The molecule has 0 aliphatic carbocycles. The quantitative estimate of drug-likeness (QED) is 0.531. The van der Waals surface area contributed by atoms with E-state index in [0.29, 0.717) is 4.90 Å². The molecule has 4 nitrogen and oxygen atoms in total. The van der Waals surface area contributed by atoms with E-state index in [1.54, 1.807) is 23.9 Å². The van der Waals surface area contributed by atoms with Crippen LogP contribution >= 0.6 is 11.8 Å². The highest BCUT2D eigenvalue weighted by Crippen LogP contribution is 2.38. The van der Waals surface area contributed by atoms with E-state index in [1.165, 1.54) is 0 Å². The standard InChI is InChI=1S/C20H16N2O2S2/c23-26(24,17-10-9-14-5-1-2-6-15(14)11-17)13-16-12-25-20-21-18-7-3-4-8-19(18)22(16)20/h1-11,16H,12-13H2. The third-order valence-electron chi connectivity index (χ3n) is 4.83. The monoisotopic (exact) mass is 380 g/mol. The van der Waals surface area contributed by atoms with Gasteiger partial charge < -0.3 is 4.57 Å². The van der Waals surface area contributed by atoms with Crippen molar-refractivity contribution in [2.24, 2.45) is 0 Å². The fourth-order valence-electron chi connectivity index (χ4n) is 3.56. The second kappa shape index (κ2) is 5.86. The molecule has 130 valence electrons. The molecular weight excluding hydrogens is 364 g/mol. The third kappa shape index (κ3) is 2.52. The average Bonchev–Trinajstić information content (AvgIpc) is 3.21. The Kier molecular flexibility index (Phi) is 3.58. The van der Waals surface area contributed by atoms with Crippen molar-refractivity contribution in [2.75, 3.05) is 11.5 Å². The van der Waals surface area contributed by atoms with Crippen LogP contribution in [0.2, 0.25) is 0 Å². The van der Waals surface area contributed by atoms with Gasteiger partial charge in [0.25, 0.3) is 0 Å². The number of hydrogen-bond acceptors (Lipinski definition) is 4. The summed E-state index contributed by atoms with van der Waals surface area (Å²) in [6, 6.07) is 21.0. The molecule has 4 aromatic rings. The van der Waals surface area contributed by atoms with Crippen molar-refractivity contribution < 1.29 is 8.42 Å². The summed E-state index contributed by atoms with van der Waals surface area (Å²) in [6.45, 7) is 0. The SMILES string of the molecule is O=S(=O)(CC1CSc2nc3ccccc3n21)c1ccc2ccccc2c1. The van der Waals surface area contributed by atoms with Gasteiger partial charge in [-0.2, -0.15) is 0 Å². The summed E-state index contributed by atoms with van der Waals surface area (Å²) in [5.41, 5.74) is 1.93. The summed E-state index contributed by atoms with van der Waals surface area (Å²) in [4.78, 5) is 5.01. The first-order valence-corrected chi connectivity index (χ1v) is 11.1. The lowest BCUT2D eigenvalue weighted by atomic mass is 10.1. The van der Waals surface area contributed by atoms with Crippen molar-refractivity contribution in [3.05, 3.63) is 66.7 Å². The summed E-state index contributed by atoms with van der Waals surface area (Å²) < 4.78 is 28.2. The minimum atomic E-state index is -3.39. The molecule has 0 spiro atoms. The van der Waals surface area contributed by atoms with Crippen LogP contribution in [0.15, 0.2) is 76.8 Å². The molecule has 0 saturated carbocycles. The van der Waals surface area contributed by atoms with Crippen molar-refractivity contribution >= 4 is 43.4 Å². The molecule has 5 rings (SSSR count). The van der Waals surface area contributed by atoms with E-state index in [1.807, 2.05) is 54.6 Å². The van der Waals surface area contributed by atoms with Gasteiger partial charge in [0.15, 0.2) is 15.0 Å². The molecule has 0 bridgehead atoms. The Labute approximate surface area is 155 Å². The summed E-state index contributed by atoms with van der Waals surface area (Å²) in [7, 11) is -3.39. The number of para-hydroxylation sites is 2. The maximum absolute atomic E-state index is 13.1. The van der Waals surface area contributed by atoms with Crippen LogP contribution in [-0.2, 0) is 9.84 Å². The van der Waals surface area contributed by atoms with Gasteiger partial charge in [0.1, 0.15) is 0 Å². The van der Waals surface area contributed by atoms with Crippen molar-refractivity contribution in [3.8, 4) is 0 Å². The molecule has 1 aromatic heterocycles. The van der Waals surface area contributed by atoms with Crippen molar-refractivity contribution in [1.29, 1.82) is 0 Å². The molecular formula is C20H16N2O2S2. The number of thioether (sulfide) groups is 1. The van der Waals surface area contributed by atoms with Crippen LogP contribution in [0.25, 0.3) is 21.8 Å². The molecule has 1 unspecified atom stereocenters. The topological polar surface area (TPSA) is 52.0 Å². The van der Waals surface area contributed by atoms with Gasteiger partial charge in [-0.1, -0.05) is 54.2 Å². The zero-order chi connectivity index (χ0) is 17.7. The summed E-state index contributed by atoms with van der Waals surface area (Å²) in [6.07, 6.45) is 0. The Bertz CT molecular complexity index is 1250. The molecule has 1 atom stereocenters. The first-order chi connectivity index (χ1) is 12.6. The van der Waals surface area contributed by atoms with Crippen LogP contribution in [0.1, 0.15) is 6.04 Å². The van der Waals surface area contributed by atoms with E-state index in [9.17, 15) is 8.42 Å². The molecule has 0 N–H and O–H groups in total. The molecule has 1 aliphatic heterocycles. The first-order valence-electron chi connectivity index (χ1n) is 8.43. The number of imidazole rings is 1. The number of sulfone groups is 1. The normalized spacial score (nSPS) is 17.0. The van der Waals surface area contributed by atoms with Gasteiger partial charge in [0, 0.05) is 5.75 Å². The maximum atomic E-state index is 13.1. The van der Waals surface area contributed by atoms with Gasteiger partial charge in [0.2, 0.25) is 0 Å². The second-order valence-electron chi connectivity index (χ2n) is 6.51. The van der Waals surface area contributed by atoms with Crippen LogP contribution in [0, 0.1) is 0 Å². The Hall–Kier alpha value is -2.31. The zero-order valence-electron chi connectivity index (χ0n) is 13.9. The van der Waals surface area contributed by atoms with E-state index in [-0.39, 0.29) is 11.8 Å². The van der Waals surface area contributed by atoms with Gasteiger partial charge in [-0.15, -0.1) is 0 Å². The highest BCUT2D eigenvalue weighted by Gasteiger charge is 2.31. The van der Waals surface area contributed by atoms with Crippen molar-refractivity contribution in [3.63, 3.8) is 0 Å². The molecule has 1 aliphatic rings. The zero-order valence-corrected chi connectivity index (χ0v) is 15.5. The molecule has 0 saturated heterocycles. The van der Waals surface area contributed by atoms with Gasteiger partial charge in [-0.05, 0) is 35.0 Å². The molecule has 6 heteroatoms. The van der Waals surface area contributed by atoms with E-state index in [2.05, 4.69) is 9.55 Å². The smallest absolute Gasteiger partial charge is 0.180 e. The van der Waals surface area contributed by atoms with Gasteiger partial charge in [0.05, 0.1) is 27.7 Å². The van der Waals surface area contributed by atoms with Crippen LogP contribution in [0.4, 0.5) is 0 Å². The summed E-state index contributed by atoms with van der Waals surface area (Å²) in [5.74, 6) is 0.825. The number of aromatic nitrogens is 2. The van der Waals surface area contributed by atoms with Crippen molar-refractivity contribution in [2.45, 2.75) is 16.1 Å². The largest absolute Gasteiger partial charge is 0.314 e. The fraction of sp³-hybridized carbons (Fsp3) is 0.150. The summed E-state index contributed by atoms with van der Waals surface area (Å²) in [5, 5.41) is 2.90. The Morgan fingerprint density at radius 2 is 1.77 bits per heavy atom. The van der Waals surface area contributed by atoms with Crippen LogP contribution in [0.3, 0.4) is 0 Å². The van der Waals surface area contributed by atoms with Crippen LogP contribution in [0.5, 0.6) is 0 Å². The number of benzene rings is 3. The predicted octanol–water partition coefficient (Wildman–Crippen LogP) is 4.31. The minimum absolute atomic E-state index is 0.0890. The summed E-state index contributed by atoms with van der Waals surface area (Å²) >= 11 is 1.63. The third-order valence-corrected chi connectivity index (χ3v) is 7.72. The highest BCUT2D eigenvalue weighted by atomic mass is 32.2. The lowest BCUT2D eigenvalue weighted by Crippen LogP contribution is -2.19. The second-order valence-corrected chi connectivity index (χ2v) is 9.53. The average molecular weight is 380 g/mol. The molecule has 3 aromatic carbocycles. The number of fused-ring (bicyclic) bond motifs is 4.